The van der Waals surface area contributed by atoms with E-state index in [4.69, 9.17) is 19.9 Å². The minimum absolute atomic E-state index is 0. The molecule has 0 aromatic heterocycles. The number of hydrogen-bond acceptors (Lipinski definition) is 15. The molecular weight excluding hydrogens is 744 g/mol. The average molecular weight is 787 g/mol. The summed E-state index contributed by atoms with van der Waals surface area (Å²) in [6, 6.07) is 3.57. The predicted octanol–water partition coefficient (Wildman–Crippen LogP) is 0.812. The van der Waals surface area contributed by atoms with Gasteiger partial charge in [0.2, 0.25) is 11.7 Å². The van der Waals surface area contributed by atoms with Crippen LogP contribution in [0, 0.1) is 0 Å². The molecule has 6 rings (SSSR count). The highest BCUT2D eigenvalue weighted by Gasteiger charge is 2.49. The normalized spacial score (nSPS) is 26.0. The number of ether oxygens (including phenoxy) is 3. The maximum Gasteiger partial charge on any atom is 0.253 e. The molecule has 2 aromatic carbocycles. The lowest BCUT2D eigenvalue weighted by Gasteiger charge is -2.43. The minimum Gasteiger partial charge on any atom is -0.507 e. The van der Waals surface area contributed by atoms with E-state index in [9.17, 15) is 49.5 Å². The average Bonchev–Trinajstić information content (AvgIpc) is 3.46. The molecule has 6 atom stereocenters. The number of benzene rings is 2. The Labute approximate surface area is 321 Å². The minimum atomic E-state index is -2.16. The molecule has 296 valence electrons. The Kier molecular flexibility index (Phi) is 12.5. The number of carbonyl (C=O) groups is 5. The fourth-order valence-electron chi connectivity index (χ4n) is 7.47. The molecule has 2 aliphatic carbocycles. The van der Waals surface area contributed by atoms with Crippen LogP contribution in [0.2, 0.25) is 0 Å². The molecule has 0 radical (unpaired) electrons. The van der Waals surface area contributed by atoms with Gasteiger partial charge >= 0.3 is 0 Å². The lowest BCUT2D eigenvalue weighted by molar-refractivity contribution is -0.245. The van der Waals surface area contributed by atoms with Crippen LogP contribution >= 0.6 is 12.4 Å². The molecule has 2 heterocycles. The first-order valence-corrected chi connectivity index (χ1v) is 17.5. The van der Waals surface area contributed by atoms with Crippen LogP contribution in [0.25, 0.3) is 0 Å². The van der Waals surface area contributed by atoms with Crippen LogP contribution in [-0.2, 0) is 30.3 Å². The van der Waals surface area contributed by atoms with Crippen molar-refractivity contribution in [2.24, 2.45) is 10.8 Å². The van der Waals surface area contributed by atoms with Crippen molar-refractivity contribution in [3.63, 3.8) is 0 Å². The van der Waals surface area contributed by atoms with E-state index in [1.807, 2.05) is 0 Å². The number of amides is 3. The molecule has 18 heteroatoms. The molecule has 8 N–H and O–H groups in total. The lowest BCUT2D eigenvalue weighted by Crippen LogP contribution is -2.53. The number of halogens is 1. The van der Waals surface area contributed by atoms with E-state index in [-0.39, 0.29) is 65.5 Å². The SMILES string of the molecule is COc1cccc2c1C(=O)c1c(O)c3c(c(O)c1C2=O)C[C@@](O)(/C(CO)=N/NC(=O)CCCCCN1C(=O)C=CC1=O)C[C@@H]3O[C@H]1C[C@@H](N)[C@H](O)C(C)O1.Cl. The third kappa shape index (κ3) is 7.73. The number of aromatic hydroxyl groups is 2. The monoisotopic (exact) mass is 786 g/mol. The van der Waals surface area contributed by atoms with Crippen molar-refractivity contribution in [1.29, 1.82) is 0 Å². The van der Waals surface area contributed by atoms with E-state index in [1.54, 1.807) is 6.92 Å². The fraction of sp³-hybridized carbons (Fsp3) is 0.459. The number of hydrogen-bond donors (Lipinski definition) is 7. The molecule has 0 spiro atoms. The second kappa shape index (κ2) is 16.5. The summed E-state index contributed by atoms with van der Waals surface area (Å²) >= 11 is 0. The van der Waals surface area contributed by atoms with E-state index in [2.05, 4.69) is 10.5 Å². The number of nitrogens with zero attached hydrogens (tertiary/aromatic N) is 2. The van der Waals surface area contributed by atoms with Gasteiger partial charge in [0.1, 0.15) is 22.8 Å². The van der Waals surface area contributed by atoms with Crippen LogP contribution in [0.3, 0.4) is 0 Å². The van der Waals surface area contributed by atoms with Gasteiger partial charge in [0.25, 0.3) is 11.8 Å². The Morgan fingerprint density at radius 3 is 2.40 bits per heavy atom. The molecule has 0 bridgehead atoms. The summed E-state index contributed by atoms with van der Waals surface area (Å²) in [6.45, 7) is 0.910. The van der Waals surface area contributed by atoms with Crippen LogP contribution in [0.5, 0.6) is 17.2 Å². The van der Waals surface area contributed by atoms with Crippen molar-refractivity contribution in [2.45, 2.75) is 88.1 Å². The Hall–Kier alpha value is -4.75. The zero-order chi connectivity index (χ0) is 39.1. The molecule has 0 saturated carbocycles. The summed E-state index contributed by atoms with van der Waals surface area (Å²) < 4.78 is 17.4. The maximum atomic E-state index is 14.0. The Morgan fingerprint density at radius 2 is 1.75 bits per heavy atom. The maximum absolute atomic E-state index is 14.0. The number of hydrazone groups is 1. The summed E-state index contributed by atoms with van der Waals surface area (Å²) in [7, 11) is 1.32. The molecule has 1 unspecified atom stereocenters. The molecule has 17 nitrogen and oxygen atoms in total. The van der Waals surface area contributed by atoms with Gasteiger partial charge in [-0.25, -0.2) is 5.43 Å². The number of methoxy groups -OCH3 is 1. The fourth-order valence-corrected chi connectivity index (χ4v) is 7.47. The van der Waals surface area contributed by atoms with Crippen LogP contribution in [-0.4, -0.2) is 116 Å². The van der Waals surface area contributed by atoms with E-state index in [0.717, 1.165) is 4.90 Å². The number of unbranched alkanes of at least 4 members (excludes halogenated alkanes) is 2. The molecule has 2 aliphatic heterocycles. The van der Waals surface area contributed by atoms with Crippen molar-refractivity contribution in [3.05, 3.63) is 63.7 Å². The highest BCUT2D eigenvalue weighted by molar-refractivity contribution is 6.31. The predicted molar refractivity (Wildman–Crippen MR) is 194 cm³/mol. The second-order valence-corrected chi connectivity index (χ2v) is 13.8. The summed E-state index contributed by atoms with van der Waals surface area (Å²) in [6.07, 6.45) is -1.56. The Morgan fingerprint density at radius 1 is 1.05 bits per heavy atom. The van der Waals surface area contributed by atoms with E-state index in [0.29, 0.717) is 19.3 Å². The number of phenols is 2. The summed E-state index contributed by atoms with van der Waals surface area (Å²) in [5.74, 6) is -4.25. The van der Waals surface area contributed by atoms with Gasteiger partial charge < -0.3 is 45.5 Å². The highest BCUT2D eigenvalue weighted by atomic mass is 35.5. The number of carbonyl (C=O) groups excluding carboxylic acids is 5. The van der Waals surface area contributed by atoms with Gasteiger partial charge in [0.05, 0.1) is 54.4 Å². The van der Waals surface area contributed by atoms with E-state index in [1.165, 1.54) is 37.5 Å². The first-order chi connectivity index (χ1) is 25.7. The van der Waals surface area contributed by atoms with Gasteiger partial charge in [0.15, 0.2) is 12.1 Å². The Balaban J connectivity index is 0.00000580. The number of aliphatic hydroxyl groups is 3. The number of nitrogens with one attached hydrogen (secondary N) is 1. The lowest BCUT2D eigenvalue weighted by atomic mass is 9.71. The number of phenolic OH excluding ortho intramolecular Hbond substituents is 2. The molecule has 2 aromatic rings. The van der Waals surface area contributed by atoms with Crippen molar-refractivity contribution in [3.8, 4) is 17.2 Å². The summed E-state index contributed by atoms with van der Waals surface area (Å²) in [5, 5.41) is 60.5. The molecular formula is C37H43ClN4O13. The third-order valence-electron chi connectivity index (χ3n) is 10.3. The number of nitrogens with two attached hydrogens (primary N) is 1. The number of ketones is 2. The molecule has 3 amide bonds. The largest absolute Gasteiger partial charge is 0.507 e. The van der Waals surface area contributed by atoms with Gasteiger partial charge in [-0.15, -0.1) is 12.4 Å². The molecule has 1 saturated heterocycles. The topological polar surface area (TPSA) is 268 Å². The van der Waals surface area contributed by atoms with Crippen LogP contribution in [0.4, 0.5) is 0 Å². The van der Waals surface area contributed by atoms with Crippen LogP contribution in [0.15, 0.2) is 35.5 Å². The van der Waals surface area contributed by atoms with E-state index < -0.39 is 108 Å². The number of rotatable bonds is 12. The standard InChI is InChI=1S/C37H42N4O13.ClH/c1-17-32(46)20(38)13-27(53-17)54-22-15-37(51,23(16-42)39-40-24(43)9-4-3-5-12-41-25(44)10-11-26(41)45)14-19-29(22)36(50)31-30(34(19)48)33(47)18-7-6-8-21(52-2)28(18)35(31)49;/h6-8,10-11,17,20,22,27,32,42,46,48,50-51H,3-5,9,12-16,38H2,1-2H3,(H,40,43);1H/b39-23+;/t17?,20-,22+,27+,32-,37+;/m1./s1. The zero-order valence-corrected chi connectivity index (χ0v) is 30.8. The Bertz CT molecular complexity index is 1940. The van der Waals surface area contributed by atoms with E-state index >= 15 is 0 Å². The molecule has 55 heavy (non-hydrogen) atoms. The molecule has 4 aliphatic rings. The highest BCUT2D eigenvalue weighted by Crippen LogP contribution is 2.52. The zero-order valence-electron chi connectivity index (χ0n) is 30.0. The van der Waals surface area contributed by atoms with Crippen LogP contribution < -0.4 is 15.9 Å². The van der Waals surface area contributed by atoms with Gasteiger partial charge in [-0.1, -0.05) is 18.6 Å². The molecule has 1 fully saturated rings. The van der Waals surface area contributed by atoms with Crippen molar-refractivity contribution in [1.82, 2.24) is 10.3 Å². The quantitative estimate of drug-likeness (QED) is 0.0441. The smallest absolute Gasteiger partial charge is 0.253 e. The summed E-state index contributed by atoms with van der Waals surface area (Å²) in [4.78, 5) is 65.1. The van der Waals surface area contributed by atoms with Gasteiger partial charge in [-0.2, -0.15) is 5.10 Å². The van der Waals surface area contributed by atoms with Gasteiger partial charge in [-0.3, -0.25) is 28.9 Å². The number of imide groups is 1. The van der Waals surface area contributed by atoms with Crippen molar-refractivity contribution in [2.75, 3.05) is 20.3 Å². The van der Waals surface area contributed by atoms with Crippen molar-refractivity contribution < 1.29 is 63.7 Å². The second-order valence-electron chi connectivity index (χ2n) is 13.8. The first kappa shape index (κ1) is 41.4. The number of fused-ring (bicyclic) bond motifs is 3. The van der Waals surface area contributed by atoms with Crippen LogP contribution in [0.1, 0.15) is 94.5 Å². The summed E-state index contributed by atoms with van der Waals surface area (Å²) in [5.41, 5.74) is 4.46. The third-order valence-corrected chi connectivity index (χ3v) is 10.3. The van der Waals surface area contributed by atoms with Gasteiger partial charge in [-0.05, 0) is 25.8 Å². The van der Waals surface area contributed by atoms with Crippen molar-refractivity contribution >= 4 is 47.4 Å². The van der Waals surface area contributed by atoms with Gasteiger partial charge in [0, 0.05) is 67.1 Å². The number of aliphatic hydroxyl groups excluding tert-OH is 2. The first-order valence-electron chi connectivity index (χ1n) is 17.5.